The molecule has 1 heterocycles. The largest absolute Gasteiger partial charge is 0.496 e. The van der Waals surface area contributed by atoms with Gasteiger partial charge in [0.05, 0.1) is 13.2 Å². The van der Waals surface area contributed by atoms with Crippen molar-refractivity contribution in [3.8, 4) is 5.75 Å². The maximum Gasteiger partial charge on any atom is 0.253 e. The number of para-hydroxylation sites is 1. The van der Waals surface area contributed by atoms with Crippen LogP contribution < -0.4 is 15.6 Å². The molecule has 0 bridgehead atoms. The minimum Gasteiger partial charge on any atom is -0.496 e. The van der Waals surface area contributed by atoms with Crippen molar-refractivity contribution in [2.24, 2.45) is 0 Å². The molecule has 2 aromatic rings. The second-order valence-electron chi connectivity index (χ2n) is 5.16. The van der Waals surface area contributed by atoms with Crippen molar-refractivity contribution in [3.63, 3.8) is 0 Å². The second-order valence-corrected chi connectivity index (χ2v) is 5.16. The number of ether oxygens (including phenoxy) is 1. The quantitative estimate of drug-likeness (QED) is 0.919. The summed E-state index contributed by atoms with van der Waals surface area (Å²) in [6.45, 7) is 3.61. The first kappa shape index (κ1) is 15.8. The smallest absolute Gasteiger partial charge is 0.253 e. The molecule has 1 amide bonds. The average Bonchev–Trinajstić information content (AvgIpc) is 2.51. The summed E-state index contributed by atoms with van der Waals surface area (Å²) in [4.78, 5) is 24.1. The number of nitrogens with one attached hydrogen (secondary N) is 1. The van der Waals surface area contributed by atoms with Gasteiger partial charge in [0, 0.05) is 17.3 Å². The molecule has 0 aliphatic heterocycles. The van der Waals surface area contributed by atoms with Crippen molar-refractivity contribution >= 4 is 5.91 Å². The molecule has 1 aromatic heterocycles. The maximum atomic E-state index is 12.1. The van der Waals surface area contributed by atoms with Gasteiger partial charge in [0.1, 0.15) is 12.3 Å². The van der Waals surface area contributed by atoms with Crippen LogP contribution in [0.25, 0.3) is 0 Å². The standard InChI is InChI=1S/C17H20N2O3/c1-12-7-6-10-19(17(12)21)11-16(20)18-13(2)14-8-4-5-9-15(14)22-3/h4-10,13H,11H2,1-3H3,(H,18,20)/t13-/m1/s1. The lowest BCUT2D eigenvalue weighted by atomic mass is 10.1. The van der Waals surface area contributed by atoms with E-state index in [1.165, 1.54) is 4.57 Å². The van der Waals surface area contributed by atoms with E-state index in [0.29, 0.717) is 5.56 Å². The van der Waals surface area contributed by atoms with Crippen molar-refractivity contribution in [3.05, 3.63) is 64.1 Å². The topological polar surface area (TPSA) is 60.3 Å². The predicted molar refractivity (Wildman–Crippen MR) is 85.0 cm³/mol. The number of benzene rings is 1. The first-order valence-corrected chi connectivity index (χ1v) is 7.11. The minimum absolute atomic E-state index is 0.00000236. The number of nitrogens with zero attached hydrogens (tertiary/aromatic N) is 1. The van der Waals surface area contributed by atoms with E-state index in [-0.39, 0.29) is 24.1 Å². The number of aryl methyl sites for hydroxylation is 1. The molecule has 22 heavy (non-hydrogen) atoms. The summed E-state index contributed by atoms with van der Waals surface area (Å²) in [6, 6.07) is 10.8. The second kappa shape index (κ2) is 6.93. The van der Waals surface area contributed by atoms with Crippen LogP contribution in [0.2, 0.25) is 0 Å². The number of hydrogen-bond donors (Lipinski definition) is 1. The van der Waals surface area contributed by atoms with Crippen molar-refractivity contribution in [1.82, 2.24) is 9.88 Å². The highest BCUT2D eigenvalue weighted by molar-refractivity contribution is 5.76. The molecule has 1 N–H and O–H groups in total. The minimum atomic E-state index is -0.217. The Balaban J connectivity index is 2.08. The number of rotatable bonds is 5. The molecule has 5 heteroatoms. The van der Waals surface area contributed by atoms with Gasteiger partial charge >= 0.3 is 0 Å². The van der Waals surface area contributed by atoms with Crippen molar-refractivity contribution in [2.75, 3.05) is 7.11 Å². The molecule has 5 nitrogen and oxygen atoms in total. The van der Waals surface area contributed by atoms with Crippen LogP contribution in [0, 0.1) is 6.92 Å². The van der Waals surface area contributed by atoms with E-state index < -0.39 is 0 Å². The number of methoxy groups -OCH3 is 1. The number of hydrogen-bond acceptors (Lipinski definition) is 3. The van der Waals surface area contributed by atoms with E-state index >= 15 is 0 Å². The van der Waals surface area contributed by atoms with Crippen LogP contribution in [0.3, 0.4) is 0 Å². The van der Waals surface area contributed by atoms with Crippen LogP contribution in [0.15, 0.2) is 47.4 Å². The van der Waals surface area contributed by atoms with E-state index in [4.69, 9.17) is 4.74 Å². The summed E-state index contributed by atoms with van der Waals surface area (Å²) >= 11 is 0. The Morgan fingerprint density at radius 2 is 2.00 bits per heavy atom. The summed E-state index contributed by atoms with van der Waals surface area (Å²) in [7, 11) is 1.60. The van der Waals surface area contributed by atoms with Crippen LogP contribution in [0.1, 0.15) is 24.1 Å². The van der Waals surface area contributed by atoms with Gasteiger partial charge in [-0.15, -0.1) is 0 Å². The number of carbonyl (C=O) groups is 1. The van der Waals surface area contributed by atoms with Crippen LogP contribution in [-0.4, -0.2) is 17.6 Å². The number of amides is 1. The lowest BCUT2D eigenvalue weighted by molar-refractivity contribution is -0.122. The zero-order valence-electron chi connectivity index (χ0n) is 13.0. The average molecular weight is 300 g/mol. The van der Waals surface area contributed by atoms with E-state index in [1.807, 2.05) is 31.2 Å². The third-order valence-corrected chi connectivity index (χ3v) is 3.51. The Bertz CT molecular complexity index is 722. The van der Waals surface area contributed by atoms with Crippen molar-refractivity contribution in [2.45, 2.75) is 26.4 Å². The molecule has 0 aliphatic rings. The highest BCUT2D eigenvalue weighted by Crippen LogP contribution is 2.24. The summed E-state index contributed by atoms with van der Waals surface area (Å²) in [5.74, 6) is 0.508. The molecule has 2 rings (SSSR count). The summed E-state index contributed by atoms with van der Waals surface area (Å²) in [5, 5.41) is 2.89. The maximum absolute atomic E-state index is 12.1. The fourth-order valence-corrected chi connectivity index (χ4v) is 2.33. The Morgan fingerprint density at radius 3 is 2.73 bits per heavy atom. The lowest BCUT2D eigenvalue weighted by Gasteiger charge is -2.17. The van der Waals surface area contributed by atoms with Gasteiger partial charge in [-0.1, -0.05) is 24.3 Å². The molecule has 1 atom stereocenters. The summed E-state index contributed by atoms with van der Waals surface area (Å²) < 4.78 is 6.70. The van der Waals surface area contributed by atoms with Gasteiger partial charge in [0.25, 0.3) is 5.56 Å². The predicted octanol–water partition coefficient (Wildman–Crippen LogP) is 2.04. The molecular weight excluding hydrogens is 280 g/mol. The van der Waals surface area contributed by atoms with E-state index in [1.54, 1.807) is 32.4 Å². The van der Waals surface area contributed by atoms with Gasteiger partial charge in [0.2, 0.25) is 5.91 Å². The number of aromatic nitrogens is 1. The van der Waals surface area contributed by atoms with Crippen LogP contribution in [-0.2, 0) is 11.3 Å². The Morgan fingerprint density at radius 1 is 1.27 bits per heavy atom. The van der Waals surface area contributed by atoms with E-state index in [0.717, 1.165) is 11.3 Å². The lowest BCUT2D eigenvalue weighted by Crippen LogP contribution is -2.34. The molecule has 0 aliphatic carbocycles. The number of pyridine rings is 1. The molecule has 0 spiro atoms. The van der Waals surface area contributed by atoms with Gasteiger partial charge in [-0.25, -0.2) is 0 Å². The van der Waals surface area contributed by atoms with E-state index in [9.17, 15) is 9.59 Å². The van der Waals surface area contributed by atoms with Gasteiger partial charge < -0.3 is 14.6 Å². The summed E-state index contributed by atoms with van der Waals surface area (Å²) in [6.07, 6.45) is 1.61. The Hall–Kier alpha value is -2.56. The normalized spacial score (nSPS) is 11.8. The molecule has 0 saturated heterocycles. The third-order valence-electron chi connectivity index (χ3n) is 3.51. The highest BCUT2D eigenvalue weighted by atomic mass is 16.5. The number of carbonyl (C=O) groups excluding carboxylic acids is 1. The van der Waals surface area contributed by atoms with Gasteiger partial charge in [-0.2, -0.15) is 0 Å². The van der Waals surface area contributed by atoms with Gasteiger partial charge in [-0.3, -0.25) is 9.59 Å². The zero-order chi connectivity index (χ0) is 16.1. The van der Waals surface area contributed by atoms with Crippen molar-refractivity contribution in [1.29, 1.82) is 0 Å². The van der Waals surface area contributed by atoms with Crippen LogP contribution in [0.5, 0.6) is 5.75 Å². The molecule has 0 fully saturated rings. The monoisotopic (exact) mass is 300 g/mol. The highest BCUT2D eigenvalue weighted by Gasteiger charge is 2.14. The Labute approximate surface area is 129 Å². The first-order chi connectivity index (χ1) is 10.5. The zero-order valence-corrected chi connectivity index (χ0v) is 13.0. The molecule has 0 unspecified atom stereocenters. The fourth-order valence-electron chi connectivity index (χ4n) is 2.33. The molecule has 116 valence electrons. The van der Waals surface area contributed by atoms with Crippen LogP contribution >= 0.6 is 0 Å². The van der Waals surface area contributed by atoms with Gasteiger partial charge in [0.15, 0.2) is 0 Å². The Kier molecular flexibility index (Phi) is 4.99. The molecule has 0 radical (unpaired) electrons. The van der Waals surface area contributed by atoms with Crippen molar-refractivity contribution < 1.29 is 9.53 Å². The first-order valence-electron chi connectivity index (χ1n) is 7.11. The van der Waals surface area contributed by atoms with Gasteiger partial charge in [-0.05, 0) is 26.0 Å². The summed E-state index contributed by atoms with van der Waals surface area (Å²) in [5.41, 5.74) is 1.37. The molecule has 1 aromatic carbocycles. The third kappa shape index (κ3) is 3.55. The molecular formula is C17H20N2O3. The van der Waals surface area contributed by atoms with Crippen LogP contribution in [0.4, 0.5) is 0 Å². The fraction of sp³-hybridized carbons (Fsp3) is 0.294. The SMILES string of the molecule is COc1ccccc1[C@@H](C)NC(=O)Cn1cccc(C)c1=O. The molecule has 0 saturated carbocycles. The van der Waals surface area contributed by atoms with E-state index in [2.05, 4.69) is 5.32 Å².